The molecule has 1 aliphatic heterocycles. The molecular formula is C13H14N2O4. The highest BCUT2D eigenvalue weighted by Gasteiger charge is 2.28. The van der Waals surface area contributed by atoms with Gasteiger partial charge in [0, 0.05) is 0 Å². The number of benzene rings is 1. The van der Waals surface area contributed by atoms with Crippen molar-refractivity contribution in [2.45, 2.75) is 13.5 Å². The van der Waals surface area contributed by atoms with Crippen LogP contribution in [0.1, 0.15) is 22.8 Å². The van der Waals surface area contributed by atoms with Gasteiger partial charge in [0.05, 0.1) is 25.3 Å². The molecule has 2 rings (SSSR count). The van der Waals surface area contributed by atoms with Gasteiger partial charge in [-0.25, -0.2) is 9.59 Å². The van der Waals surface area contributed by atoms with Crippen molar-refractivity contribution in [3.63, 3.8) is 0 Å². The zero-order valence-electron chi connectivity index (χ0n) is 10.5. The molecule has 1 aliphatic rings. The Morgan fingerprint density at radius 3 is 2.53 bits per heavy atom. The summed E-state index contributed by atoms with van der Waals surface area (Å²) >= 11 is 0. The van der Waals surface area contributed by atoms with E-state index < -0.39 is 0 Å². The number of urea groups is 1. The number of hydrogen-bond donors (Lipinski definition) is 1. The zero-order valence-corrected chi connectivity index (χ0v) is 10.5. The fourth-order valence-electron chi connectivity index (χ4n) is 1.76. The largest absolute Gasteiger partial charge is 0.462 e. The Labute approximate surface area is 110 Å². The first kappa shape index (κ1) is 13.1. The molecule has 0 bridgehead atoms. The highest BCUT2D eigenvalue weighted by molar-refractivity contribution is 6.01. The van der Waals surface area contributed by atoms with Gasteiger partial charge < -0.3 is 10.1 Å². The summed E-state index contributed by atoms with van der Waals surface area (Å²) in [5, 5.41) is 2.45. The van der Waals surface area contributed by atoms with Crippen molar-refractivity contribution in [1.29, 1.82) is 0 Å². The quantitative estimate of drug-likeness (QED) is 0.646. The third-order valence-corrected chi connectivity index (χ3v) is 2.74. The Morgan fingerprint density at radius 1 is 1.32 bits per heavy atom. The summed E-state index contributed by atoms with van der Waals surface area (Å²) in [6.45, 7) is 2.31. The van der Waals surface area contributed by atoms with Crippen molar-refractivity contribution in [2.75, 3.05) is 13.2 Å². The summed E-state index contributed by atoms with van der Waals surface area (Å²) in [5.74, 6) is -0.636. The first-order valence-corrected chi connectivity index (χ1v) is 5.96. The second-order valence-corrected chi connectivity index (χ2v) is 4.06. The molecular weight excluding hydrogens is 248 g/mol. The SMILES string of the molecule is CCOC(=O)c1ccc(CN2C(=O)CNC2=O)cc1. The topological polar surface area (TPSA) is 75.7 Å². The number of rotatable bonds is 4. The molecule has 1 N–H and O–H groups in total. The highest BCUT2D eigenvalue weighted by atomic mass is 16.5. The zero-order chi connectivity index (χ0) is 13.8. The maximum Gasteiger partial charge on any atom is 0.338 e. The molecule has 1 aromatic rings. The van der Waals surface area contributed by atoms with Crippen LogP contribution in [0.5, 0.6) is 0 Å². The number of nitrogens with zero attached hydrogens (tertiary/aromatic N) is 1. The average molecular weight is 262 g/mol. The number of hydrogen-bond acceptors (Lipinski definition) is 4. The van der Waals surface area contributed by atoms with E-state index in [1.165, 1.54) is 0 Å². The predicted molar refractivity (Wildman–Crippen MR) is 66.3 cm³/mol. The van der Waals surface area contributed by atoms with Crippen LogP contribution in [0, 0.1) is 0 Å². The summed E-state index contributed by atoms with van der Waals surface area (Å²) < 4.78 is 4.87. The first-order chi connectivity index (χ1) is 9.11. The van der Waals surface area contributed by atoms with Gasteiger partial charge in [-0.15, -0.1) is 0 Å². The smallest absolute Gasteiger partial charge is 0.338 e. The molecule has 0 spiro atoms. The second-order valence-electron chi connectivity index (χ2n) is 4.06. The number of carbonyl (C=O) groups excluding carboxylic acids is 3. The molecule has 19 heavy (non-hydrogen) atoms. The summed E-state index contributed by atoms with van der Waals surface area (Å²) in [4.78, 5) is 35.4. The maximum atomic E-state index is 11.5. The molecule has 6 nitrogen and oxygen atoms in total. The van der Waals surface area contributed by atoms with Crippen LogP contribution in [0.25, 0.3) is 0 Å². The van der Waals surface area contributed by atoms with Gasteiger partial charge in [-0.1, -0.05) is 12.1 Å². The van der Waals surface area contributed by atoms with Crippen molar-refractivity contribution < 1.29 is 19.1 Å². The molecule has 6 heteroatoms. The van der Waals surface area contributed by atoms with Crippen molar-refractivity contribution in [2.24, 2.45) is 0 Å². The molecule has 0 aliphatic carbocycles. The minimum atomic E-state index is -0.389. The van der Waals surface area contributed by atoms with E-state index >= 15 is 0 Å². The van der Waals surface area contributed by atoms with Crippen LogP contribution in [0.15, 0.2) is 24.3 Å². The third-order valence-electron chi connectivity index (χ3n) is 2.74. The number of nitrogens with one attached hydrogen (secondary N) is 1. The summed E-state index contributed by atoms with van der Waals surface area (Å²) in [6.07, 6.45) is 0. The van der Waals surface area contributed by atoms with E-state index in [1.807, 2.05) is 0 Å². The van der Waals surface area contributed by atoms with Crippen molar-refractivity contribution in [3.05, 3.63) is 35.4 Å². The normalized spacial score (nSPS) is 14.5. The van der Waals surface area contributed by atoms with Crippen LogP contribution in [0.3, 0.4) is 0 Å². The lowest BCUT2D eigenvalue weighted by Gasteiger charge is -2.12. The van der Waals surface area contributed by atoms with Gasteiger partial charge in [0.1, 0.15) is 0 Å². The highest BCUT2D eigenvalue weighted by Crippen LogP contribution is 2.11. The van der Waals surface area contributed by atoms with E-state index in [2.05, 4.69) is 5.32 Å². The van der Waals surface area contributed by atoms with Gasteiger partial charge in [-0.3, -0.25) is 9.69 Å². The molecule has 1 heterocycles. The standard InChI is InChI=1S/C13H14N2O4/c1-2-19-12(17)10-5-3-9(4-6-10)8-15-11(16)7-14-13(15)18/h3-6H,2,7-8H2,1H3,(H,14,18). The molecule has 3 amide bonds. The van der Waals surface area contributed by atoms with E-state index in [-0.39, 0.29) is 31.0 Å². The van der Waals surface area contributed by atoms with Crippen molar-refractivity contribution in [1.82, 2.24) is 10.2 Å². The van der Waals surface area contributed by atoms with E-state index in [4.69, 9.17) is 4.74 Å². The van der Waals surface area contributed by atoms with Crippen LogP contribution in [-0.4, -0.2) is 36.0 Å². The molecule has 100 valence electrons. The lowest BCUT2D eigenvalue weighted by Crippen LogP contribution is -2.30. The van der Waals surface area contributed by atoms with Crippen LogP contribution in [0.4, 0.5) is 4.79 Å². The molecule has 0 atom stereocenters. The lowest BCUT2D eigenvalue weighted by atomic mass is 10.1. The van der Waals surface area contributed by atoms with E-state index in [9.17, 15) is 14.4 Å². The molecule has 1 aromatic carbocycles. The summed E-state index contributed by atoms with van der Waals surface area (Å²) in [6, 6.07) is 6.24. The maximum absolute atomic E-state index is 11.5. The van der Waals surface area contributed by atoms with Gasteiger partial charge in [-0.05, 0) is 24.6 Å². The predicted octanol–water partition coefficient (Wildman–Crippen LogP) is 0.915. The van der Waals surface area contributed by atoms with E-state index in [1.54, 1.807) is 31.2 Å². The fraction of sp³-hybridized carbons (Fsp3) is 0.308. The first-order valence-electron chi connectivity index (χ1n) is 5.96. The van der Waals surface area contributed by atoms with Gasteiger partial charge in [0.2, 0.25) is 5.91 Å². The monoisotopic (exact) mass is 262 g/mol. The number of amides is 3. The molecule has 0 unspecified atom stereocenters. The molecule has 1 fully saturated rings. The number of imide groups is 1. The molecule has 0 saturated carbocycles. The number of esters is 1. The van der Waals surface area contributed by atoms with Crippen LogP contribution < -0.4 is 5.32 Å². The average Bonchev–Trinajstić information content (AvgIpc) is 2.72. The summed E-state index contributed by atoms with van der Waals surface area (Å²) in [5.41, 5.74) is 1.22. The third kappa shape index (κ3) is 2.90. The van der Waals surface area contributed by atoms with Crippen molar-refractivity contribution in [3.8, 4) is 0 Å². The fourth-order valence-corrected chi connectivity index (χ4v) is 1.76. The van der Waals surface area contributed by atoms with E-state index in [0.717, 1.165) is 10.5 Å². The minimum absolute atomic E-state index is 0.0414. The molecule has 1 saturated heterocycles. The van der Waals surface area contributed by atoms with E-state index in [0.29, 0.717) is 12.2 Å². The van der Waals surface area contributed by atoms with Gasteiger partial charge in [-0.2, -0.15) is 0 Å². The Balaban J connectivity index is 2.04. The van der Waals surface area contributed by atoms with Crippen LogP contribution >= 0.6 is 0 Å². The Morgan fingerprint density at radius 2 is 2.00 bits per heavy atom. The number of carbonyl (C=O) groups is 3. The van der Waals surface area contributed by atoms with Crippen molar-refractivity contribution >= 4 is 17.9 Å². The van der Waals surface area contributed by atoms with Gasteiger partial charge in [0.15, 0.2) is 0 Å². The summed E-state index contributed by atoms with van der Waals surface area (Å²) in [7, 11) is 0. The lowest BCUT2D eigenvalue weighted by molar-refractivity contribution is -0.125. The van der Waals surface area contributed by atoms with Gasteiger partial charge in [0.25, 0.3) is 0 Å². The van der Waals surface area contributed by atoms with Crippen LogP contribution in [0.2, 0.25) is 0 Å². The van der Waals surface area contributed by atoms with Crippen LogP contribution in [-0.2, 0) is 16.1 Å². The molecule has 0 aromatic heterocycles. The Hall–Kier alpha value is -2.37. The number of ether oxygens (including phenoxy) is 1. The minimum Gasteiger partial charge on any atom is -0.462 e. The Kier molecular flexibility index (Phi) is 3.79. The Bertz CT molecular complexity index is 494. The van der Waals surface area contributed by atoms with Gasteiger partial charge >= 0.3 is 12.0 Å². The molecule has 0 radical (unpaired) electrons. The second kappa shape index (κ2) is 5.51.